The zero-order valence-electron chi connectivity index (χ0n) is 12.4. The highest BCUT2D eigenvalue weighted by molar-refractivity contribution is 5.46. The van der Waals surface area contributed by atoms with E-state index < -0.39 is 0 Å². The van der Waals surface area contributed by atoms with Crippen LogP contribution >= 0.6 is 0 Å². The van der Waals surface area contributed by atoms with E-state index >= 15 is 0 Å². The Bertz CT molecular complexity index is 706. The number of aryl methyl sites for hydroxylation is 1. The highest BCUT2D eigenvalue weighted by atomic mass is 16.5. The minimum atomic E-state index is 0.0328. The number of ether oxygens (including phenoxy) is 1. The highest BCUT2D eigenvalue weighted by Crippen LogP contribution is 2.29. The summed E-state index contributed by atoms with van der Waals surface area (Å²) in [4.78, 5) is 11.6. The normalized spacial score (nSPS) is 14.4. The molecule has 2 aromatic rings. The molecule has 0 amide bonds. The van der Waals surface area contributed by atoms with Crippen molar-refractivity contribution in [3.8, 4) is 5.75 Å². The fourth-order valence-corrected chi connectivity index (χ4v) is 2.67. The van der Waals surface area contributed by atoms with Crippen molar-refractivity contribution in [2.75, 3.05) is 11.9 Å². The van der Waals surface area contributed by atoms with Gasteiger partial charge in [-0.2, -0.15) is 0 Å². The highest BCUT2D eigenvalue weighted by Gasteiger charge is 2.14. The van der Waals surface area contributed by atoms with E-state index in [1.807, 2.05) is 25.3 Å². The third-order valence-corrected chi connectivity index (χ3v) is 3.92. The van der Waals surface area contributed by atoms with Gasteiger partial charge >= 0.3 is 0 Å². The molecule has 21 heavy (non-hydrogen) atoms. The van der Waals surface area contributed by atoms with Crippen molar-refractivity contribution < 1.29 is 4.74 Å². The van der Waals surface area contributed by atoms with Crippen molar-refractivity contribution in [2.24, 2.45) is 0 Å². The molecule has 4 heteroatoms. The largest absolute Gasteiger partial charge is 0.493 e. The molecule has 2 heterocycles. The molecule has 1 atom stereocenters. The average Bonchev–Trinajstić information content (AvgIpc) is 2.96. The Morgan fingerprint density at radius 3 is 3.00 bits per heavy atom. The molecule has 0 saturated heterocycles. The Morgan fingerprint density at radius 2 is 2.19 bits per heavy atom. The second kappa shape index (κ2) is 5.64. The van der Waals surface area contributed by atoms with E-state index in [9.17, 15) is 4.79 Å². The summed E-state index contributed by atoms with van der Waals surface area (Å²) in [6.45, 7) is 5.55. The molecule has 1 aromatic heterocycles. The SMILES string of the molecule is CCn1cc(NC(C)c2ccc3c(c2)CCO3)ccc1=O. The van der Waals surface area contributed by atoms with Gasteiger partial charge in [-0.15, -0.1) is 0 Å². The van der Waals surface area contributed by atoms with Gasteiger partial charge in [0.25, 0.3) is 5.56 Å². The van der Waals surface area contributed by atoms with Gasteiger partial charge in [0.2, 0.25) is 0 Å². The first kappa shape index (κ1) is 13.7. The first-order valence-electron chi connectivity index (χ1n) is 7.40. The van der Waals surface area contributed by atoms with Gasteiger partial charge in [-0.25, -0.2) is 0 Å². The predicted molar refractivity (Wildman–Crippen MR) is 84.1 cm³/mol. The monoisotopic (exact) mass is 284 g/mol. The van der Waals surface area contributed by atoms with Crippen LogP contribution in [0.5, 0.6) is 5.75 Å². The summed E-state index contributed by atoms with van der Waals surface area (Å²) in [5.41, 5.74) is 3.50. The van der Waals surface area contributed by atoms with Crippen molar-refractivity contribution in [1.82, 2.24) is 4.57 Å². The molecular weight excluding hydrogens is 264 g/mol. The van der Waals surface area contributed by atoms with Gasteiger partial charge in [0, 0.05) is 31.3 Å². The van der Waals surface area contributed by atoms with E-state index in [1.165, 1.54) is 11.1 Å². The van der Waals surface area contributed by atoms with Crippen LogP contribution in [0.2, 0.25) is 0 Å². The summed E-state index contributed by atoms with van der Waals surface area (Å²) in [5, 5.41) is 3.45. The number of anilines is 1. The van der Waals surface area contributed by atoms with Crippen molar-refractivity contribution >= 4 is 5.69 Å². The van der Waals surface area contributed by atoms with Gasteiger partial charge in [-0.1, -0.05) is 6.07 Å². The lowest BCUT2D eigenvalue weighted by Gasteiger charge is -2.17. The van der Waals surface area contributed by atoms with E-state index in [2.05, 4.69) is 24.4 Å². The van der Waals surface area contributed by atoms with E-state index in [4.69, 9.17) is 4.74 Å². The van der Waals surface area contributed by atoms with Gasteiger partial charge in [0.05, 0.1) is 12.3 Å². The Morgan fingerprint density at radius 1 is 1.33 bits per heavy atom. The summed E-state index contributed by atoms with van der Waals surface area (Å²) >= 11 is 0. The maximum atomic E-state index is 11.6. The molecular formula is C17H20N2O2. The van der Waals surface area contributed by atoms with Gasteiger partial charge in [-0.05, 0) is 43.2 Å². The Balaban J connectivity index is 1.80. The molecule has 1 unspecified atom stereocenters. The summed E-state index contributed by atoms with van der Waals surface area (Å²) in [7, 11) is 0. The number of rotatable bonds is 4. The van der Waals surface area contributed by atoms with E-state index in [-0.39, 0.29) is 11.6 Å². The summed E-state index contributed by atoms with van der Waals surface area (Å²) < 4.78 is 7.24. The lowest BCUT2D eigenvalue weighted by molar-refractivity contribution is 0.357. The number of pyridine rings is 1. The number of hydrogen-bond acceptors (Lipinski definition) is 3. The number of fused-ring (bicyclic) bond motifs is 1. The number of nitrogens with one attached hydrogen (secondary N) is 1. The van der Waals surface area contributed by atoms with Crippen LogP contribution in [0.4, 0.5) is 5.69 Å². The molecule has 1 N–H and O–H groups in total. The van der Waals surface area contributed by atoms with E-state index in [1.54, 1.807) is 10.6 Å². The average molecular weight is 284 g/mol. The minimum absolute atomic E-state index is 0.0328. The van der Waals surface area contributed by atoms with Crippen LogP contribution < -0.4 is 15.6 Å². The van der Waals surface area contributed by atoms with Crippen molar-refractivity contribution in [3.05, 3.63) is 58.0 Å². The van der Waals surface area contributed by atoms with Gasteiger partial charge in [0.1, 0.15) is 5.75 Å². The van der Waals surface area contributed by atoms with Crippen molar-refractivity contribution in [2.45, 2.75) is 32.9 Å². The van der Waals surface area contributed by atoms with Crippen LogP contribution in [0.3, 0.4) is 0 Å². The van der Waals surface area contributed by atoms with Crippen molar-refractivity contribution in [3.63, 3.8) is 0 Å². The fraction of sp³-hybridized carbons (Fsp3) is 0.353. The van der Waals surface area contributed by atoms with Crippen LogP contribution in [0.25, 0.3) is 0 Å². The first-order chi connectivity index (χ1) is 10.2. The number of nitrogens with zero attached hydrogens (tertiary/aromatic N) is 1. The maximum Gasteiger partial charge on any atom is 0.250 e. The van der Waals surface area contributed by atoms with E-state index in [0.717, 1.165) is 24.5 Å². The van der Waals surface area contributed by atoms with Gasteiger partial charge in [0.15, 0.2) is 0 Å². The van der Waals surface area contributed by atoms with Crippen LogP contribution in [0.15, 0.2) is 41.3 Å². The number of benzene rings is 1. The summed E-state index contributed by atoms with van der Waals surface area (Å²) in [6.07, 6.45) is 2.85. The first-order valence-corrected chi connectivity index (χ1v) is 7.40. The molecule has 0 saturated carbocycles. The predicted octanol–water partition coefficient (Wildman–Crippen LogP) is 2.98. The molecule has 4 nitrogen and oxygen atoms in total. The molecule has 1 aliphatic heterocycles. The van der Waals surface area contributed by atoms with Gasteiger partial charge < -0.3 is 14.6 Å². The standard InChI is InChI=1S/C17H20N2O2/c1-3-19-11-15(5-7-17(19)20)18-12(2)13-4-6-16-14(10-13)8-9-21-16/h4-7,10-12,18H,3,8-9H2,1-2H3. The smallest absolute Gasteiger partial charge is 0.250 e. The minimum Gasteiger partial charge on any atom is -0.493 e. The second-order valence-corrected chi connectivity index (χ2v) is 5.37. The molecule has 110 valence electrons. The summed E-state index contributed by atoms with van der Waals surface area (Å²) in [5.74, 6) is 1.01. The Hall–Kier alpha value is -2.23. The zero-order chi connectivity index (χ0) is 14.8. The lowest BCUT2D eigenvalue weighted by atomic mass is 10.0. The molecule has 0 aliphatic carbocycles. The molecule has 0 bridgehead atoms. The second-order valence-electron chi connectivity index (χ2n) is 5.37. The fourth-order valence-electron chi connectivity index (χ4n) is 2.67. The quantitative estimate of drug-likeness (QED) is 0.938. The third kappa shape index (κ3) is 2.79. The molecule has 3 rings (SSSR count). The number of hydrogen-bond donors (Lipinski definition) is 1. The van der Waals surface area contributed by atoms with Crippen LogP contribution in [-0.4, -0.2) is 11.2 Å². The molecule has 1 aromatic carbocycles. The molecule has 0 radical (unpaired) electrons. The van der Waals surface area contributed by atoms with Crippen molar-refractivity contribution in [1.29, 1.82) is 0 Å². The van der Waals surface area contributed by atoms with Crippen LogP contribution in [0, 0.1) is 0 Å². The van der Waals surface area contributed by atoms with Crippen LogP contribution in [0.1, 0.15) is 31.0 Å². The maximum absolute atomic E-state index is 11.6. The van der Waals surface area contributed by atoms with E-state index in [0.29, 0.717) is 6.54 Å². The summed E-state index contributed by atoms with van der Waals surface area (Å²) in [6, 6.07) is 9.96. The van der Waals surface area contributed by atoms with Gasteiger partial charge in [-0.3, -0.25) is 4.79 Å². The Kier molecular flexibility index (Phi) is 3.69. The zero-order valence-corrected chi connectivity index (χ0v) is 12.4. The topological polar surface area (TPSA) is 43.3 Å². The molecule has 0 fully saturated rings. The third-order valence-electron chi connectivity index (χ3n) is 3.92. The number of aromatic nitrogens is 1. The molecule has 0 spiro atoms. The Labute approximate surface area is 124 Å². The molecule has 1 aliphatic rings. The lowest BCUT2D eigenvalue weighted by Crippen LogP contribution is -2.18. The van der Waals surface area contributed by atoms with Crippen LogP contribution in [-0.2, 0) is 13.0 Å².